The Kier molecular flexibility index (Phi) is 4.81. The molecule has 0 bridgehead atoms. The summed E-state index contributed by atoms with van der Waals surface area (Å²) in [7, 11) is 0. The summed E-state index contributed by atoms with van der Waals surface area (Å²) < 4.78 is 1.72. The van der Waals surface area contributed by atoms with Crippen molar-refractivity contribution in [3.05, 3.63) is 65.4 Å². The Balaban J connectivity index is 1.61. The predicted molar refractivity (Wildman–Crippen MR) is 123 cm³/mol. The number of nitrogen functional groups attached to an aromatic ring is 1. The summed E-state index contributed by atoms with van der Waals surface area (Å²) >= 11 is 6.19. The monoisotopic (exact) mass is 418 g/mol. The normalized spacial score (nSPS) is 14.4. The third-order valence-corrected chi connectivity index (χ3v) is 5.85. The minimum Gasteiger partial charge on any atom is -0.383 e. The van der Waals surface area contributed by atoms with Crippen molar-refractivity contribution in [2.45, 2.75) is 6.92 Å². The number of hydrogen-bond acceptors (Lipinski definition) is 5. The van der Waals surface area contributed by atoms with Gasteiger partial charge in [0.2, 0.25) is 0 Å². The number of halogens is 1. The van der Waals surface area contributed by atoms with Crippen LogP contribution < -0.4 is 16.0 Å². The Morgan fingerprint density at radius 2 is 1.80 bits per heavy atom. The average Bonchev–Trinajstić information content (AvgIpc) is 3.19. The third kappa shape index (κ3) is 3.28. The van der Waals surface area contributed by atoms with Crippen LogP contribution in [0.1, 0.15) is 5.69 Å². The SMILES string of the molecule is Cc1nc2c(-c3cccc(N4CCNCC4)c3)cnn2c(N)c1-c1cccc(Cl)c1. The lowest BCUT2D eigenvalue weighted by atomic mass is 10.0. The number of aryl methyl sites for hydroxylation is 1. The zero-order valence-corrected chi connectivity index (χ0v) is 17.5. The molecule has 5 rings (SSSR count). The lowest BCUT2D eigenvalue weighted by Gasteiger charge is -2.29. The van der Waals surface area contributed by atoms with Crippen molar-refractivity contribution < 1.29 is 0 Å². The molecule has 0 saturated carbocycles. The van der Waals surface area contributed by atoms with Crippen molar-refractivity contribution in [3.8, 4) is 22.3 Å². The van der Waals surface area contributed by atoms with E-state index < -0.39 is 0 Å². The second-order valence-corrected chi connectivity index (χ2v) is 7.99. The van der Waals surface area contributed by atoms with E-state index in [9.17, 15) is 0 Å². The first-order valence-electron chi connectivity index (χ1n) is 10.1. The van der Waals surface area contributed by atoms with Crippen LogP contribution in [0.3, 0.4) is 0 Å². The van der Waals surface area contributed by atoms with Crippen molar-refractivity contribution >= 4 is 28.8 Å². The number of nitrogens with one attached hydrogen (secondary N) is 1. The molecule has 30 heavy (non-hydrogen) atoms. The summed E-state index contributed by atoms with van der Waals surface area (Å²) in [6.07, 6.45) is 1.84. The second-order valence-electron chi connectivity index (χ2n) is 7.55. The first kappa shape index (κ1) is 18.9. The van der Waals surface area contributed by atoms with Gasteiger partial charge in [0.15, 0.2) is 5.65 Å². The van der Waals surface area contributed by atoms with Gasteiger partial charge in [-0.1, -0.05) is 35.9 Å². The molecule has 1 aliphatic rings. The number of anilines is 2. The van der Waals surface area contributed by atoms with E-state index in [0.29, 0.717) is 10.8 Å². The largest absolute Gasteiger partial charge is 0.383 e. The number of nitrogens with two attached hydrogens (primary N) is 1. The minimum absolute atomic E-state index is 0.560. The molecule has 0 aliphatic carbocycles. The van der Waals surface area contributed by atoms with Gasteiger partial charge in [-0.25, -0.2) is 4.98 Å². The highest BCUT2D eigenvalue weighted by molar-refractivity contribution is 6.30. The van der Waals surface area contributed by atoms with E-state index in [1.54, 1.807) is 4.52 Å². The molecule has 1 aliphatic heterocycles. The summed E-state index contributed by atoms with van der Waals surface area (Å²) in [5.74, 6) is 0.560. The van der Waals surface area contributed by atoms with Gasteiger partial charge >= 0.3 is 0 Å². The summed E-state index contributed by atoms with van der Waals surface area (Å²) in [6, 6.07) is 16.2. The molecule has 152 valence electrons. The maximum atomic E-state index is 6.54. The Morgan fingerprint density at radius 3 is 2.60 bits per heavy atom. The van der Waals surface area contributed by atoms with E-state index in [1.165, 1.54) is 5.69 Å². The fraction of sp³-hybridized carbons (Fsp3) is 0.217. The van der Waals surface area contributed by atoms with Gasteiger partial charge in [0.05, 0.1) is 11.9 Å². The molecule has 3 N–H and O–H groups in total. The molecule has 0 unspecified atom stereocenters. The average molecular weight is 419 g/mol. The van der Waals surface area contributed by atoms with E-state index in [4.69, 9.17) is 22.3 Å². The van der Waals surface area contributed by atoms with E-state index >= 15 is 0 Å². The fourth-order valence-corrected chi connectivity index (χ4v) is 4.32. The third-order valence-electron chi connectivity index (χ3n) is 5.62. The van der Waals surface area contributed by atoms with Crippen LogP contribution in [0.4, 0.5) is 11.5 Å². The maximum absolute atomic E-state index is 6.54. The quantitative estimate of drug-likeness (QED) is 0.525. The fourth-order valence-electron chi connectivity index (χ4n) is 4.13. The molecule has 0 amide bonds. The first-order valence-corrected chi connectivity index (χ1v) is 10.5. The molecule has 7 heteroatoms. The molecular weight excluding hydrogens is 396 g/mol. The second kappa shape index (κ2) is 7.63. The molecule has 2 aromatic carbocycles. The zero-order chi connectivity index (χ0) is 20.7. The van der Waals surface area contributed by atoms with Gasteiger partial charge in [0.25, 0.3) is 0 Å². The number of benzene rings is 2. The predicted octanol–water partition coefficient (Wildman–Crippen LogP) is 4.02. The highest BCUT2D eigenvalue weighted by atomic mass is 35.5. The Bertz CT molecular complexity index is 1230. The van der Waals surface area contributed by atoms with Gasteiger partial charge in [-0.2, -0.15) is 9.61 Å². The summed E-state index contributed by atoms with van der Waals surface area (Å²) in [4.78, 5) is 7.27. The maximum Gasteiger partial charge on any atom is 0.165 e. The molecule has 6 nitrogen and oxygen atoms in total. The van der Waals surface area contributed by atoms with Crippen LogP contribution in [0.25, 0.3) is 27.9 Å². The Hall–Kier alpha value is -3.09. The van der Waals surface area contributed by atoms with Gasteiger partial charge in [0.1, 0.15) is 5.82 Å². The van der Waals surface area contributed by atoms with Gasteiger partial charge in [-0.15, -0.1) is 0 Å². The minimum atomic E-state index is 0.560. The topological polar surface area (TPSA) is 71.5 Å². The smallest absolute Gasteiger partial charge is 0.165 e. The van der Waals surface area contributed by atoms with Crippen molar-refractivity contribution in [1.29, 1.82) is 0 Å². The molecule has 1 saturated heterocycles. The standard InChI is InChI=1S/C23H23ClN6/c1-15-21(17-5-2-6-18(24)12-17)22(25)30-23(28-15)20(14-27-30)16-4-3-7-19(13-16)29-10-8-26-9-11-29/h2-7,12-14,26H,8-11,25H2,1H3. The van der Waals surface area contributed by atoms with Crippen molar-refractivity contribution in [3.63, 3.8) is 0 Å². The molecule has 1 fully saturated rings. The van der Waals surface area contributed by atoms with Crippen LogP contribution in [-0.2, 0) is 0 Å². The lowest BCUT2D eigenvalue weighted by Crippen LogP contribution is -2.43. The number of hydrogen-bond donors (Lipinski definition) is 2. The van der Waals surface area contributed by atoms with Crippen LogP contribution in [0.15, 0.2) is 54.7 Å². The summed E-state index contributed by atoms with van der Waals surface area (Å²) in [5, 5.41) is 8.62. The van der Waals surface area contributed by atoms with E-state index in [1.807, 2.05) is 37.4 Å². The number of aromatic nitrogens is 3. The zero-order valence-electron chi connectivity index (χ0n) is 16.8. The van der Waals surface area contributed by atoms with Crippen LogP contribution in [-0.4, -0.2) is 40.8 Å². The van der Waals surface area contributed by atoms with Crippen LogP contribution >= 0.6 is 11.6 Å². The van der Waals surface area contributed by atoms with Gasteiger partial charge in [0, 0.05) is 48.0 Å². The van der Waals surface area contributed by atoms with Crippen LogP contribution in [0.5, 0.6) is 0 Å². The summed E-state index contributed by atoms with van der Waals surface area (Å²) in [5.41, 5.74) is 13.2. The first-order chi connectivity index (χ1) is 14.6. The van der Waals surface area contributed by atoms with E-state index in [-0.39, 0.29) is 0 Å². The Morgan fingerprint density at radius 1 is 1.03 bits per heavy atom. The lowest BCUT2D eigenvalue weighted by molar-refractivity contribution is 0.589. The number of rotatable bonds is 3. The highest BCUT2D eigenvalue weighted by Gasteiger charge is 2.18. The van der Waals surface area contributed by atoms with E-state index in [2.05, 4.69) is 39.6 Å². The van der Waals surface area contributed by atoms with Gasteiger partial charge < -0.3 is 16.0 Å². The van der Waals surface area contributed by atoms with Crippen molar-refractivity contribution in [1.82, 2.24) is 19.9 Å². The number of fused-ring (bicyclic) bond motifs is 1. The molecule has 3 heterocycles. The number of nitrogens with zero attached hydrogens (tertiary/aromatic N) is 4. The van der Waals surface area contributed by atoms with Crippen LogP contribution in [0.2, 0.25) is 5.02 Å². The molecule has 2 aromatic heterocycles. The van der Waals surface area contributed by atoms with Gasteiger partial charge in [-0.3, -0.25) is 0 Å². The molecule has 0 spiro atoms. The molecular formula is C23H23ClN6. The Labute approximate surface area is 180 Å². The highest BCUT2D eigenvalue weighted by Crippen LogP contribution is 2.34. The van der Waals surface area contributed by atoms with Crippen LogP contribution in [0, 0.1) is 6.92 Å². The number of piperazine rings is 1. The molecule has 4 aromatic rings. The van der Waals surface area contributed by atoms with Gasteiger partial charge in [-0.05, 0) is 42.3 Å². The van der Waals surface area contributed by atoms with Crippen molar-refractivity contribution in [2.24, 2.45) is 0 Å². The molecule has 0 radical (unpaired) electrons. The van der Waals surface area contributed by atoms with Crippen molar-refractivity contribution in [2.75, 3.05) is 36.8 Å². The summed E-state index contributed by atoms with van der Waals surface area (Å²) in [6.45, 7) is 5.99. The molecule has 0 atom stereocenters. The van der Waals surface area contributed by atoms with E-state index in [0.717, 1.165) is 59.8 Å².